The fourth-order valence-electron chi connectivity index (χ4n) is 3.07. The number of halogens is 1. The summed E-state index contributed by atoms with van der Waals surface area (Å²) in [6, 6.07) is 5.36. The number of benzene rings is 1. The van der Waals surface area contributed by atoms with E-state index in [1.165, 1.54) is 12.8 Å². The lowest BCUT2D eigenvalue weighted by Crippen LogP contribution is -2.38. The van der Waals surface area contributed by atoms with E-state index in [0.29, 0.717) is 29.8 Å². The van der Waals surface area contributed by atoms with Gasteiger partial charge in [0, 0.05) is 19.0 Å². The SMILES string of the molecule is CCCC1CCN(S(=O)(=O)c2cccc(CCl)c2C)CC1. The molecule has 1 heterocycles. The summed E-state index contributed by atoms with van der Waals surface area (Å²) in [6.45, 7) is 5.30. The van der Waals surface area contributed by atoms with Crippen LogP contribution in [-0.2, 0) is 15.9 Å². The highest BCUT2D eigenvalue weighted by Crippen LogP contribution is 2.28. The van der Waals surface area contributed by atoms with Crippen LogP contribution < -0.4 is 0 Å². The molecule has 0 radical (unpaired) electrons. The summed E-state index contributed by atoms with van der Waals surface area (Å²) in [5.41, 5.74) is 1.67. The largest absolute Gasteiger partial charge is 0.243 e. The standard InChI is InChI=1S/C16H24ClNO2S/c1-3-5-14-8-10-18(11-9-14)21(19,20)16-7-4-6-15(12-17)13(16)2/h4,6-7,14H,3,5,8-12H2,1-2H3. The van der Waals surface area contributed by atoms with Gasteiger partial charge in [0.15, 0.2) is 0 Å². The van der Waals surface area contributed by atoms with Crippen LogP contribution in [0.25, 0.3) is 0 Å². The maximum Gasteiger partial charge on any atom is 0.243 e. The van der Waals surface area contributed by atoms with Gasteiger partial charge < -0.3 is 0 Å². The zero-order valence-electron chi connectivity index (χ0n) is 12.8. The van der Waals surface area contributed by atoms with Crippen molar-refractivity contribution in [3.8, 4) is 0 Å². The molecule has 1 aromatic rings. The second-order valence-corrected chi connectivity index (χ2v) is 7.98. The first-order valence-corrected chi connectivity index (χ1v) is 9.62. The second-order valence-electron chi connectivity index (χ2n) is 5.81. The van der Waals surface area contributed by atoms with E-state index in [1.54, 1.807) is 16.4 Å². The van der Waals surface area contributed by atoms with Gasteiger partial charge >= 0.3 is 0 Å². The summed E-state index contributed by atoms with van der Waals surface area (Å²) in [6.07, 6.45) is 4.32. The first-order valence-electron chi connectivity index (χ1n) is 7.65. The fraction of sp³-hybridized carbons (Fsp3) is 0.625. The van der Waals surface area contributed by atoms with Crippen molar-refractivity contribution in [1.82, 2.24) is 4.31 Å². The molecule has 0 saturated carbocycles. The van der Waals surface area contributed by atoms with Gasteiger partial charge in [0.25, 0.3) is 0 Å². The van der Waals surface area contributed by atoms with Gasteiger partial charge in [-0.25, -0.2) is 8.42 Å². The summed E-state index contributed by atoms with van der Waals surface area (Å²) < 4.78 is 27.3. The molecular weight excluding hydrogens is 306 g/mol. The predicted octanol–water partition coefficient (Wildman–Crippen LogP) is 3.93. The molecule has 0 amide bonds. The van der Waals surface area contributed by atoms with Crippen molar-refractivity contribution in [2.75, 3.05) is 13.1 Å². The molecule has 0 bridgehead atoms. The summed E-state index contributed by atoms with van der Waals surface area (Å²) >= 11 is 5.89. The molecule has 1 saturated heterocycles. The lowest BCUT2D eigenvalue weighted by molar-refractivity contribution is 0.262. The molecule has 21 heavy (non-hydrogen) atoms. The Morgan fingerprint density at radius 2 is 1.95 bits per heavy atom. The zero-order valence-corrected chi connectivity index (χ0v) is 14.4. The van der Waals surface area contributed by atoms with Crippen molar-refractivity contribution in [2.24, 2.45) is 5.92 Å². The molecule has 0 N–H and O–H groups in total. The highest BCUT2D eigenvalue weighted by atomic mass is 35.5. The molecule has 0 atom stereocenters. The molecule has 0 spiro atoms. The van der Waals surface area contributed by atoms with E-state index in [1.807, 2.05) is 13.0 Å². The highest BCUT2D eigenvalue weighted by Gasteiger charge is 2.30. The number of rotatable bonds is 5. The van der Waals surface area contributed by atoms with E-state index in [4.69, 9.17) is 11.6 Å². The van der Waals surface area contributed by atoms with Gasteiger partial charge in [0.05, 0.1) is 4.90 Å². The van der Waals surface area contributed by atoms with Crippen molar-refractivity contribution in [3.05, 3.63) is 29.3 Å². The molecule has 1 aliphatic heterocycles. The molecule has 1 aromatic carbocycles. The van der Waals surface area contributed by atoms with Crippen LogP contribution in [0.5, 0.6) is 0 Å². The Hall–Kier alpha value is -0.580. The minimum Gasteiger partial charge on any atom is -0.207 e. The Bertz CT molecular complexity index is 578. The first-order chi connectivity index (χ1) is 10.0. The minimum atomic E-state index is -3.39. The lowest BCUT2D eigenvalue weighted by Gasteiger charge is -2.31. The van der Waals surface area contributed by atoms with Crippen LogP contribution in [0.3, 0.4) is 0 Å². The van der Waals surface area contributed by atoms with Crippen LogP contribution in [0.4, 0.5) is 0 Å². The van der Waals surface area contributed by atoms with Crippen molar-refractivity contribution < 1.29 is 8.42 Å². The molecule has 3 nitrogen and oxygen atoms in total. The van der Waals surface area contributed by atoms with Gasteiger partial charge in [-0.2, -0.15) is 4.31 Å². The third kappa shape index (κ3) is 3.61. The molecule has 5 heteroatoms. The maximum absolute atomic E-state index is 12.8. The zero-order chi connectivity index (χ0) is 15.5. The van der Waals surface area contributed by atoms with Crippen molar-refractivity contribution in [3.63, 3.8) is 0 Å². The summed E-state index contributed by atoms with van der Waals surface area (Å²) in [4.78, 5) is 0.412. The molecule has 2 rings (SSSR count). The molecule has 0 aromatic heterocycles. The number of hydrogen-bond donors (Lipinski definition) is 0. The average Bonchev–Trinajstić information content (AvgIpc) is 2.48. The third-order valence-electron chi connectivity index (χ3n) is 4.43. The summed E-state index contributed by atoms with van der Waals surface area (Å²) in [5.74, 6) is 1.02. The van der Waals surface area contributed by atoms with Gasteiger partial charge in [-0.1, -0.05) is 31.9 Å². The molecule has 1 aliphatic rings. The Labute approximate surface area is 133 Å². The molecular formula is C16H24ClNO2S. The number of alkyl halides is 1. The van der Waals surface area contributed by atoms with Crippen LogP contribution in [0.1, 0.15) is 43.7 Å². The van der Waals surface area contributed by atoms with Gasteiger partial charge in [0.1, 0.15) is 0 Å². The molecule has 1 fully saturated rings. The van der Waals surface area contributed by atoms with Crippen molar-refractivity contribution >= 4 is 21.6 Å². The van der Waals surface area contributed by atoms with Crippen LogP contribution in [-0.4, -0.2) is 25.8 Å². The lowest BCUT2D eigenvalue weighted by atomic mass is 9.94. The summed E-state index contributed by atoms with van der Waals surface area (Å²) in [7, 11) is -3.39. The number of sulfonamides is 1. The maximum atomic E-state index is 12.8. The number of hydrogen-bond acceptors (Lipinski definition) is 2. The molecule has 0 unspecified atom stereocenters. The van der Waals surface area contributed by atoms with E-state index in [0.717, 1.165) is 24.0 Å². The fourth-order valence-corrected chi connectivity index (χ4v) is 5.10. The monoisotopic (exact) mass is 329 g/mol. The Morgan fingerprint density at radius 1 is 1.29 bits per heavy atom. The van der Waals surface area contributed by atoms with Gasteiger partial charge in [0.2, 0.25) is 10.0 Å². The topological polar surface area (TPSA) is 37.4 Å². The minimum absolute atomic E-state index is 0.341. The summed E-state index contributed by atoms with van der Waals surface area (Å²) in [5, 5.41) is 0. The van der Waals surface area contributed by atoms with E-state index in [-0.39, 0.29) is 0 Å². The Kier molecular flexibility index (Phi) is 5.69. The first kappa shape index (κ1) is 16.8. The predicted molar refractivity (Wildman–Crippen MR) is 87.1 cm³/mol. The van der Waals surface area contributed by atoms with Crippen LogP contribution in [0.15, 0.2) is 23.1 Å². The van der Waals surface area contributed by atoms with E-state index >= 15 is 0 Å². The van der Waals surface area contributed by atoms with Gasteiger partial charge in [-0.3, -0.25) is 0 Å². The van der Waals surface area contributed by atoms with Crippen LogP contribution >= 0.6 is 11.6 Å². The highest BCUT2D eigenvalue weighted by molar-refractivity contribution is 7.89. The number of nitrogens with zero attached hydrogens (tertiary/aromatic N) is 1. The molecule has 0 aliphatic carbocycles. The van der Waals surface area contributed by atoms with Gasteiger partial charge in [-0.15, -0.1) is 11.6 Å². The Morgan fingerprint density at radius 3 is 2.52 bits per heavy atom. The smallest absolute Gasteiger partial charge is 0.207 e. The quantitative estimate of drug-likeness (QED) is 0.767. The van der Waals surface area contributed by atoms with Crippen LogP contribution in [0, 0.1) is 12.8 Å². The van der Waals surface area contributed by atoms with E-state index in [9.17, 15) is 8.42 Å². The third-order valence-corrected chi connectivity index (χ3v) is 6.76. The second kappa shape index (κ2) is 7.12. The van der Waals surface area contributed by atoms with Gasteiger partial charge in [-0.05, 0) is 42.9 Å². The number of piperidine rings is 1. The molecule has 118 valence electrons. The Balaban J connectivity index is 2.20. The van der Waals surface area contributed by atoms with Crippen molar-refractivity contribution in [1.29, 1.82) is 0 Å². The normalized spacial score (nSPS) is 18.0. The average molecular weight is 330 g/mol. The van der Waals surface area contributed by atoms with Crippen molar-refractivity contribution in [2.45, 2.75) is 50.3 Å². The van der Waals surface area contributed by atoms with Crippen LogP contribution in [0.2, 0.25) is 0 Å². The van der Waals surface area contributed by atoms with E-state index in [2.05, 4.69) is 6.92 Å². The van der Waals surface area contributed by atoms with E-state index < -0.39 is 10.0 Å².